The predicted octanol–water partition coefficient (Wildman–Crippen LogP) is 5.54. The second-order valence-corrected chi connectivity index (χ2v) is 5.82. The standard InChI is InChI=1S/C21H14N2/c1-2-6-14(7-3-1)21-17-13-18-16-8-4-5-9-19(16)23-20(18)12-15(17)10-11-22-21/h1-13,23H. The highest BCUT2D eigenvalue weighted by Crippen LogP contribution is 2.33. The van der Waals surface area contributed by atoms with Gasteiger partial charge in [0.2, 0.25) is 0 Å². The minimum absolute atomic E-state index is 1.04. The van der Waals surface area contributed by atoms with Gasteiger partial charge in [-0.05, 0) is 29.7 Å². The Morgan fingerprint density at radius 3 is 2.39 bits per heavy atom. The van der Waals surface area contributed by atoms with Crippen molar-refractivity contribution in [2.75, 3.05) is 0 Å². The summed E-state index contributed by atoms with van der Waals surface area (Å²) in [6.07, 6.45) is 1.89. The van der Waals surface area contributed by atoms with E-state index in [4.69, 9.17) is 0 Å². The fourth-order valence-corrected chi connectivity index (χ4v) is 3.35. The molecule has 0 spiro atoms. The van der Waals surface area contributed by atoms with Gasteiger partial charge in [0, 0.05) is 39.0 Å². The highest BCUT2D eigenvalue weighted by molar-refractivity contribution is 6.13. The monoisotopic (exact) mass is 294 g/mol. The van der Waals surface area contributed by atoms with Crippen LogP contribution < -0.4 is 0 Å². The molecule has 0 bridgehead atoms. The molecule has 5 aromatic rings. The van der Waals surface area contributed by atoms with E-state index in [2.05, 4.69) is 76.7 Å². The van der Waals surface area contributed by atoms with Gasteiger partial charge in [0.15, 0.2) is 0 Å². The fraction of sp³-hybridized carbons (Fsp3) is 0. The van der Waals surface area contributed by atoms with Crippen molar-refractivity contribution in [2.24, 2.45) is 0 Å². The smallest absolute Gasteiger partial charge is 0.0780 e. The summed E-state index contributed by atoms with van der Waals surface area (Å²) in [6.45, 7) is 0. The van der Waals surface area contributed by atoms with E-state index in [1.165, 1.54) is 32.6 Å². The average Bonchev–Trinajstić information content (AvgIpc) is 2.97. The molecule has 108 valence electrons. The SMILES string of the molecule is c1ccc(-c2nccc3cc4[nH]c5ccccc5c4cc23)cc1. The zero-order valence-electron chi connectivity index (χ0n) is 12.5. The molecule has 2 heteroatoms. The van der Waals surface area contributed by atoms with Crippen LogP contribution in [0.25, 0.3) is 43.8 Å². The Labute approximate surface area is 133 Å². The topological polar surface area (TPSA) is 28.7 Å². The third kappa shape index (κ3) is 1.85. The molecule has 0 aliphatic rings. The van der Waals surface area contributed by atoms with Crippen molar-refractivity contribution >= 4 is 32.6 Å². The van der Waals surface area contributed by atoms with Gasteiger partial charge in [-0.2, -0.15) is 0 Å². The number of rotatable bonds is 1. The summed E-state index contributed by atoms with van der Waals surface area (Å²) in [7, 11) is 0. The van der Waals surface area contributed by atoms with Crippen molar-refractivity contribution in [3.8, 4) is 11.3 Å². The number of pyridine rings is 1. The lowest BCUT2D eigenvalue weighted by atomic mass is 10.0. The van der Waals surface area contributed by atoms with Crippen molar-refractivity contribution in [3.05, 3.63) is 79.0 Å². The second kappa shape index (κ2) is 4.68. The second-order valence-electron chi connectivity index (χ2n) is 5.82. The minimum Gasteiger partial charge on any atom is -0.354 e. The summed E-state index contributed by atoms with van der Waals surface area (Å²) < 4.78 is 0. The lowest BCUT2D eigenvalue weighted by molar-refractivity contribution is 1.36. The van der Waals surface area contributed by atoms with Crippen LogP contribution in [0, 0.1) is 0 Å². The van der Waals surface area contributed by atoms with Crippen molar-refractivity contribution in [2.45, 2.75) is 0 Å². The molecule has 1 N–H and O–H groups in total. The number of nitrogens with one attached hydrogen (secondary N) is 1. The lowest BCUT2D eigenvalue weighted by Gasteiger charge is -2.06. The first-order valence-electron chi connectivity index (χ1n) is 7.75. The Bertz CT molecular complexity index is 1150. The van der Waals surface area contributed by atoms with E-state index in [0.29, 0.717) is 0 Å². The number of nitrogens with zero attached hydrogens (tertiary/aromatic N) is 1. The Morgan fingerprint density at radius 1 is 0.652 bits per heavy atom. The van der Waals surface area contributed by atoms with Crippen LogP contribution in [0.3, 0.4) is 0 Å². The van der Waals surface area contributed by atoms with Gasteiger partial charge in [-0.15, -0.1) is 0 Å². The molecular weight excluding hydrogens is 280 g/mol. The van der Waals surface area contributed by atoms with Gasteiger partial charge >= 0.3 is 0 Å². The number of para-hydroxylation sites is 1. The number of H-pyrrole nitrogens is 1. The molecule has 2 nitrogen and oxygen atoms in total. The van der Waals surface area contributed by atoms with Gasteiger partial charge in [-0.1, -0.05) is 48.5 Å². The molecule has 0 radical (unpaired) electrons. The summed E-state index contributed by atoms with van der Waals surface area (Å²) in [6, 6.07) is 25.4. The number of fused-ring (bicyclic) bond motifs is 4. The van der Waals surface area contributed by atoms with Crippen LogP contribution in [0.15, 0.2) is 79.0 Å². The number of benzene rings is 3. The van der Waals surface area contributed by atoms with Gasteiger partial charge < -0.3 is 4.98 Å². The van der Waals surface area contributed by atoms with Crippen LogP contribution in [0.5, 0.6) is 0 Å². The summed E-state index contributed by atoms with van der Waals surface area (Å²) in [4.78, 5) is 8.15. The molecule has 0 atom stereocenters. The highest BCUT2D eigenvalue weighted by Gasteiger charge is 2.09. The summed E-state index contributed by atoms with van der Waals surface area (Å²) in [5.41, 5.74) is 4.53. The van der Waals surface area contributed by atoms with E-state index in [-0.39, 0.29) is 0 Å². The van der Waals surface area contributed by atoms with Crippen molar-refractivity contribution in [3.63, 3.8) is 0 Å². The number of hydrogen-bond donors (Lipinski definition) is 1. The van der Waals surface area contributed by atoms with Crippen molar-refractivity contribution in [1.29, 1.82) is 0 Å². The maximum Gasteiger partial charge on any atom is 0.0780 e. The van der Waals surface area contributed by atoms with Gasteiger partial charge in [0.25, 0.3) is 0 Å². The van der Waals surface area contributed by atoms with Crippen molar-refractivity contribution < 1.29 is 0 Å². The Hall–Kier alpha value is -3.13. The van der Waals surface area contributed by atoms with Gasteiger partial charge in [-0.25, -0.2) is 0 Å². The summed E-state index contributed by atoms with van der Waals surface area (Å²) in [5.74, 6) is 0. The molecule has 23 heavy (non-hydrogen) atoms. The maximum absolute atomic E-state index is 4.64. The maximum atomic E-state index is 4.64. The quantitative estimate of drug-likeness (QED) is 0.432. The molecule has 2 aromatic heterocycles. The fourth-order valence-electron chi connectivity index (χ4n) is 3.35. The van der Waals surface area contributed by atoms with Crippen LogP contribution in [-0.2, 0) is 0 Å². The minimum atomic E-state index is 1.04. The first-order chi connectivity index (χ1) is 11.4. The van der Waals surface area contributed by atoms with Crippen LogP contribution in [-0.4, -0.2) is 9.97 Å². The van der Waals surface area contributed by atoms with Gasteiger partial charge in [-0.3, -0.25) is 4.98 Å². The molecular formula is C21H14N2. The van der Waals surface area contributed by atoms with E-state index in [0.717, 1.165) is 11.3 Å². The zero-order valence-corrected chi connectivity index (χ0v) is 12.5. The Morgan fingerprint density at radius 2 is 1.48 bits per heavy atom. The number of aromatic nitrogens is 2. The lowest BCUT2D eigenvalue weighted by Crippen LogP contribution is -1.85. The molecule has 0 aliphatic carbocycles. The van der Waals surface area contributed by atoms with Crippen LogP contribution >= 0.6 is 0 Å². The van der Waals surface area contributed by atoms with Crippen molar-refractivity contribution in [1.82, 2.24) is 9.97 Å². The summed E-state index contributed by atoms with van der Waals surface area (Å²) in [5, 5.41) is 4.90. The Kier molecular flexibility index (Phi) is 2.53. The molecule has 5 rings (SSSR count). The number of aromatic amines is 1. The zero-order chi connectivity index (χ0) is 15.2. The van der Waals surface area contributed by atoms with Crippen LogP contribution in [0.4, 0.5) is 0 Å². The number of hydrogen-bond acceptors (Lipinski definition) is 1. The van der Waals surface area contributed by atoms with E-state index >= 15 is 0 Å². The molecule has 0 saturated heterocycles. The van der Waals surface area contributed by atoms with Crippen LogP contribution in [0.1, 0.15) is 0 Å². The molecule has 0 aliphatic heterocycles. The molecule has 2 heterocycles. The average molecular weight is 294 g/mol. The van der Waals surface area contributed by atoms with Gasteiger partial charge in [0.1, 0.15) is 0 Å². The first kappa shape index (κ1) is 12.4. The first-order valence-corrected chi connectivity index (χ1v) is 7.75. The molecule has 0 amide bonds. The molecule has 0 fully saturated rings. The van der Waals surface area contributed by atoms with E-state index in [1.807, 2.05) is 12.3 Å². The Balaban J connectivity index is 1.92. The van der Waals surface area contributed by atoms with Gasteiger partial charge in [0.05, 0.1) is 5.69 Å². The van der Waals surface area contributed by atoms with Crippen LogP contribution in [0.2, 0.25) is 0 Å². The molecule has 0 saturated carbocycles. The predicted molar refractivity (Wildman–Crippen MR) is 96.5 cm³/mol. The third-order valence-electron chi connectivity index (χ3n) is 4.44. The highest BCUT2D eigenvalue weighted by atomic mass is 14.7. The molecule has 0 unspecified atom stereocenters. The van der Waals surface area contributed by atoms with E-state index in [1.54, 1.807) is 0 Å². The van der Waals surface area contributed by atoms with E-state index in [9.17, 15) is 0 Å². The molecule has 3 aromatic carbocycles. The normalized spacial score (nSPS) is 11.5. The van der Waals surface area contributed by atoms with E-state index < -0.39 is 0 Å². The third-order valence-corrected chi connectivity index (χ3v) is 4.44. The largest absolute Gasteiger partial charge is 0.354 e. The summed E-state index contributed by atoms with van der Waals surface area (Å²) >= 11 is 0.